The van der Waals surface area contributed by atoms with Crippen LogP contribution >= 0.6 is 11.6 Å². The molecule has 1 atom stereocenters. The highest BCUT2D eigenvalue weighted by atomic mass is 35.5. The van der Waals surface area contributed by atoms with Gasteiger partial charge in [-0.1, -0.05) is 30.2 Å². The number of carbonyl (C=O) groups is 1. The Bertz CT molecular complexity index is 588. The average molecular weight is 303 g/mol. The largest absolute Gasteiger partial charge is 0.368 e. The van der Waals surface area contributed by atoms with Crippen molar-refractivity contribution >= 4 is 27.5 Å². The number of piperidine rings is 1. The summed E-state index contributed by atoms with van der Waals surface area (Å²) in [5.41, 5.74) is 5.29. The van der Waals surface area contributed by atoms with Gasteiger partial charge in [-0.05, 0) is 25.0 Å². The van der Waals surface area contributed by atoms with Gasteiger partial charge in [-0.3, -0.25) is 4.79 Å². The number of halogens is 1. The fraction of sp³-hybridized carbons (Fsp3) is 0.417. The van der Waals surface area contributed by atoms with Gasteiger partial charge in [0.1, 0.15) is 10.9 Å². The molecule has 0 aliphatic carbocycles. The summed E-state index contributed by atoms with van der Waals surface area (Å²) in [7, 11) is -3.79. The van der Waals surface area contributed by atoms with Crippen LogP contribution < -0.4 is 5.73 Å². The maximum Gasteiger partial charge on any atom is 0.245 e. The first-order valence-corrected chi connectivity index (χ1v) is 7.82. The molecule has 0 aromatic heterocycles. The van der Waals surface area contributed by atoms with E-state index in [1.807, 2.05) is 0 Å². The number of sulfonamides is 1. The zero-order valence-electron chi connectivity index (χ0n) is 10.3. The van der Waals surface area contributed by atoms with E-state index in [4.69, 9.17) is 17.3 Å². The van der Waals surface area contributed by atoms with E-state index in [9.17, 15) is 13.2 Å². The summed E-state index contributed by atoms with van der Waals surface area (Å²) >= 11 is 5.93. The zero-order valence-corrected chi connectivity index (χ0v) is 11.8. The van der Waals surface area contributed by atoms with Crippen LogP contribution in [-0.4, -0.2) is 31.2 Å². The Morgan fingerprint density at radius 2 is 2.00 bits per heavy atom. The van der Waals surface area contributed by atoms with Gasteiger partial charge in [0, 0.05) is 6.54 Å². The lowest BCUT2D eigenvalue weighted by Gasteiger charge is -2.32. The summed E-state index contributed by atoms with van der Waals surface area (Å²) in [6, 6.07) is 5.42. The molecule has 0 unspecified atom stereocenters. The second kappa shape index (κ2) is 5.48. The van der Waals surface area contributed by atoms with Gasteiger partial charge in [-0.2, -0.15) is 4.31 Å². The van der Waals surface area contributed by atoms with Crippen LogP contribution in [0, 0.1) is 0 Å². The highest BCUT2D eigenvalue weighted by Gasteiger charge is 2.37. The van der Waals surface area contributed by atoms with E-state index in [1.165, 1.54) is 16.4 Å². The van der Waals surface area contributed by atoms with Crippen molar-refractivity contribution in [3.8, 4) is 0 Å². The number of primary amides is 1. The number of hydrogen-bond donors (Lipinski definition) is 1. The molecule has 1 aliphatic rings. The summed E-state index contributed by atoms with van der Waals surface area (Å²) in [6.07, 6.45) is 1.97. The van der Waals surface area contributed by atoms with E-state index < -0.39 is 22.0 Å². The molecule has 1 aromatic rings. The zero-order chi connectivity index (χ0) is 14.0. The van der Waals surface area contributed by atoms with Crippen LogP contribution in [0.15, 0.2) is 29.2 Å². The third-order valence-electron chi connectivity index (χ3n) is 3.21. The lowest BCUT2D eigenvalue weighted by atomic mass is 10.0. The van der Waals surface area contributed by atoms with Crippen LogP contribution in [0.5, 0.6) is 0 Å². The van der Waals surface area contributed by atoms with Crippen molar-refractivity contribution in [1.82, 2.24) is 4.31 Å². The molecule has 0 bridgehead atoms. The molecule has 0 spiro atoms. The Morgan fingerprint density at radius 1 is 1.32 bits per heavy atom. The third kappa shape index (κ3) is 2.75. The first-order chi connectivity index (χ1) is 8.94. The molecule has 1 saturated heterocycles. The quantitative estimate of drug-likeness (QED) is 0.915. The van der Waals surface area contributed by atoms with Crippen molar-refractivity contribution in [1.29, 1.82) is 0 Å². The first-order valence-electron chi connectivity index (χ1n) is 6.00. The lowest BCUT2D eigenvalue weighted by Crippen LogP contribution is -2.50. The minimum absolute atomic E-state index is 0.0183. The summed E-state index contributed by atoms with van der Waals surface area (Å²) < 4.78 is 26.3. The molecule has 104 valence electrons. The van der Waals surface area contributed by atoms with Crippen molar-refractivity contribution in [2.75, 3.05) is 6.54 Å². The van der Waals surface area contributed by atoms with Gasteiger partial charge in [0.05, 0.1) is 5.02 Å². The molecule has 1 aliphatic heterocycles. The Balaban J connectivity index is 2.43. The van der Waals surface area contributed by atoms with Crippen LogP contribution in [0.3, 0.4) is 0 Å². The Morgan fingerprint density at radius 3 is 2.63 bits per heavy atom. The van der Waals surface area contributed by atoms with Gasteiger partial charge in [-0.25, -0.2) is 8.42 Å². The maximum absolute atomic E-state index is 12.6. The minimum atomic E-state index is -3.79. The summed E-state index contributed by atoms with van der Waals surface area (Å²) in [4.78, 5) is 11.4. The van der Waals surface area contributed by atoms with E-state index in [0.717, 1.165) is 6.42 Å². The predicted molar refractivity (Wildman–Crippen MR) is 72.2 cm³/mol. The third-order valence-corrected chi connectivity index (χ3v) is 5.61. The average Bonchev–Trinajstić information content (AvgIpc) is 2.39. The Kier molecular flexibility index (Phi) is 4.13. The smallest absolute Gasteiger partial charge is 0.245 e. The molecule has 2 N–H and O–H groups in total. The van der Waals surface area contributed by atoms with Crippen molar-refractivity contribution in [2.45, 2.75) is 30.2 Å². The van der Waals surface area contributed by atoms with Gasteiger partial charge in [0.15, 0.2) is 0 Å². The molecule has 0 saturated carbocycles. The van der Waals surface area contributed by atoms with E-state index in [2.05, 4.69) is 0 Å². The highest BCUT2D eigenvalue weighted by molar-refractivity contribution is 7.89. The Hall–Kier alpha value is -1.11. The van der Waals surface area contributed by atoms with Crippen molar-refractivity contribution in [3.05, 3.63) is 29.3 Å². The number of amides is 1. The number of hydrogen-bond acceptors (Lipinski definition) is 3. The minimum Gasteiger partial charge on any atom is -0.368 e. The van der Waals surface area contributed by atoms with E-state index in [1.54, 1.807) is 12.1 Å². The van der Waals surface area contributed by atoms with E-state index >= 15 is 0 Å². The molecular weight excluding hydrogens is 288 g/mol. The lowest BCUT2D eigenvalue weighted by molar-refractivity contribution is -0.122. The topological polar surface area (TPSA) is 80.5 Å². The second-order valence-electron chi connectivity index (χ2n) is 4.46. The second-order valence-corrected chi connectivity index (χ2v) is 6.73. The van der Waals surface area contributed by atoms with Gasteiger partial charge in [0.25, 0.3) is 0 Å². The Labute approximate surface area is 117 Å². The number of benzene rings is 1. The van der Waals surface area contributed by atoms with Gasteiger partial charge < -0.3 is 5.73 Å². The molecule has 1 heterocycles. The monoisotopic (exact) mass is 302 g/mol. The van der Waals surface area contributed by atoms with Gasteiger partial charge >= 0.3 is 0 Å². The molecule has 7 heteroatoms. The van der Waals surface area contributed by atoms with Crippen LogP contribution in [0.25, 0.3) is 0 Å². The summed E-state index contributed by atoms with van der Waals surface area (Å²) in [5.74, 6) is -0.615. The van der Waals surface area contributed by atoms with Gasteiger partial charge in [-0.15, -0.1) is 0 Å². The van der Waals surface area contributed by atoms with Crippen molar-refractivity contribution < 1.29 is 13.2 Å². The number of nitrogens with zero attached hydrogens (tertiary/aromatic N) is 1. The fourth-order valence-corrected chi connectivity index (χ4v) is 4.42. The predicted octanol–water partition coefficient (Wildman–Crippen LogP) is 1.37. The molecule has 1 amide bonds. The standard InChI is InChI=1S/C12H15ClN2O3S/c13-9-5-1-2-7-11(9)19(17,18)15-8-4-3-6-10(15)12(14)16/h1-2,5,7,10H,3-4,6,8H2,(H2,14,16)/t10-/m0/s1. The molecule has 19 heavy (non-hydrogen) atoms. The SMILES string of the molecule is NC(=O)[C@@H]1CCCCN1S(=O)(=O)c1ccccc1Cl. The maximum atomic E-state index is 12.6. The molecule has 2 rings (SSSR count). The summed E-state index contributed by atoms with van der Waals surface area (Å²) in [6.45, 7) is 0.293. The highest BCUT2D eigenvalue weighted by Crippen LogP contribution is 2.29. The molecular formula is C12H15ClN2O3S. The van der Waals surface area contributed by atoms with Gasteiger partial charge in [0.2, 0.25) is 15.9 Å². The number of carbonyl (C=O) groups excluding carboxylic acids is 1. The van der Waals surface area contributed by atoms with Crippen LogP contribution in [-0.2, 0) is 14.8 Å². The molecule has 1 fully saturated rings. The number of nitrogens with two attached hydrogens (primary N) is 1. The van der Waals surface area contributed by atoms with Crippen LogP contribution in [0.2, 0.25) is 5.02 Å². The fourth-order valence-electron chi connectivity index (χ4n) is 2.26. The summed E-state index contributed by atoms with van der Waals surface area (Å²) in [5, 5.41) is 0.149. The normalized spacial score (nSPS) is 21.2. The van der Waals surface area contributed by atoms with Crippen LogP contribution in [0.1, 0.15) is 19.3 Å². The van der Waals surface area contributed by atoms with Crippen molar-refractivity contribution in [3.63, 3.8) is 0 Å². The molecule has 0 radical (unpaired) electrons. The molecule has 1 aromatic carbocycles. The van der Waals surface area contributed by atoms with Crippen molar-refractivity contribution in [2.24, 2.45) is 5.73 Å². The van der Waals surface area contributed by atoms with E-state index in [0.29, 0.717) is 19.4 Å². The van der Waals surface area contributed by atoms with E-state index in [-0.39, 0.29) is 9.92 Å². The van der Waals surface area contributed by atoms with Crippen LogP contribution in [0.4, 0.5) is 0 Å². The number of rotatable bonds is 3. The first kappa shape index (κ1) is 14.3. The molecule has 5 nitrogen and oxygen atoms in total.